The summed E-state index contributed by atoms with van der Waals surface area (Å²) in [5.74, 6) is 0.772. The van der Waals surface area contributed by atoms with Crippen molar-refractivity contribution >= 4 is 5.91 Å². The molecule has 2 N–H and O–H groups in total. The van der Waals surface area contributed by atoms with Gasteiger partial charge in [-0.3, -0.25) is 4.79 Å². The van der Waals surface area contributed by atoms with E-state index >= 15 is 0 Å². The number of hydrogen-bond donors (Lipinski definition) is 2. The quantitative estimate of drug-likeness (QED) is 0.808. The highest BCUT2D eigenvalue weighted by Crippen LogP contribution is 2.31. The Balaban J connectivity index is 1.76. The van der Waals surface area contributed by atoms with E-state index < -0.39 is 6.10 Å². The number of hydrogen-bond acceptors (Lipinski definition) is 4. The number of fused-ring (bicyclic) bond motifs is 1. The maximum absolute atomic E-state index is 12.3. The highest BCUT2D eigenvalue weighted by atomic mass is 16.5. The molecule has 3 rings (SSSR count). The highest BCUT2D eigenvalue weighted by molar-refractivity contribution is 5.89. The fraction of sp³-hybridized carbons (Fsp3) is 0.562. The molecular formula is C16H22N2O3. The number of aliphatic hydroxyl groups is 1. The van der Waals surface area contributed by atoms with Crippen LogP contribution in [0.2, 0.25) is 0 Å². The lowest BCUT2D eigenvalue weighted by Gasteiger charge is -2.51. The van der Waals surface area contributed by atoms with Crippen LogP contribution in [0.1, 0.15) is 19.3 Å². The molecule has 1 aromatic rings. The summed E-state index contributed by atoms with van der Waals surface area (Å²) in [6.07, 6.45) is 1.49. The van der Waals surface area contributed by atoms with Crippen LogP contribution in [0.25, 0.3) is 0 Å². The van der Waals surface area contributed by atoms with Crippen LogP contribution in [0, 0.1) is 0 Å². The Morgan fingerprint density at radius 1 is 1.33 bits per heavy atom. The molecule has 2 aliphatic heterocycles. The van der Waals surface area contributed by atoms with Crippen LogP contribution in [0.5, 0.6) is 5.75 Å². The third-order valence-electron chi connectivity index (χ3n) is 4.45. The largest absolute Gasteiger partial charge is 0.478 e. The summed E-state index contributed by atoms with van der Waals surface area (Å²) in [4.78, 5) is 14.2. The van der Waals surface area contributed by atoms with Crippen LogP contribution < -0.4 is 10.1 Å². The van der Waals surface area contributed by atoms with Crippen molar-refractivity contribution in [1.29, 1.82) is 0 Å². The number of carbonyl (C=O) groups excluding carboxylic acids is 1. The average molecular weight is 290 g/mol. The van der Waals surface area contributed by atoms with Crippen LogP contribution in [0.4, 0.5) is 0 Å². The van der Waals surface area contributed by atoms with Crippen molar-refractivity contribution in [2.24, 2.45) is 0 Å². The third kappa shape index (κ3) is 2.76. The predicted octanol–water partition coefficient (Wildman–Crippen LogP) is 0.778. The second kappa shape index (κ2) is 6.03. The van der Waals surface area contributed by atoms with Crippen molar-refractivity contribution in [2.75, 3.05) is 13.6 Å². The highest BCUT2D eigenvalue weighted by Gasteiger charge is 2.53. The maximum atomic E-state index is 12.3. The van der Waals surface area contributed by atoms with Crippen LogP contribution in [-0.2, 0) is 4.79 Å². The fourth-order valence-corrected chi connectivity index (χ4v) is 3.33. The molecule has 114 valence electrons. The number of nitrogens with zero attached hydrogens (tertiary/aromatic N) is 1. The predicted molar refractivity (Wildman–Crippen MR) is 79.1 cm³/mol. The van der Waals surface area contributed by atoms with E-state index in [2.05, 4.69) is 5.32 Å². The summed E-state index contributed by atoms with van der Waals surface area (Å²) in [5.41, 5.74) is 0. The molecule has 0 unspecified atom stereocenters. The second-order valence-electron chi connectivity index (χ2n) is 5.80. The van der Waals surface area contributed by atoms with E-state index in [4.69, 9.17) is 4.74 Å². The fourth-order valence-electron chi connectivity index (χ4n) is 3.33. The second-order valence-corrected chi connectivity index (χ2v) is 5.80. The molecule has 1 amide bonds. The van der Waals surface area contributed by atoms with Gasteiger partial charge >= 0.3 is 0 Å². The molecule has 2 aliphatic rings. The molecule has 0 radical (unpaired) electrons. The van der Waals surface area contributed by atoms with Gasteiger partial charge in [-0.25, -0.2) is 0 Å². The van der Waals surface area contributed by atoms with E-state index in [1.54, 1.807) is 0 Å². The lowest BCUT2D eigenvalue weighted by atomic mass is 9.84. The van der Waals surface area contributed by atoms with Gasteiger partial charge in [-0.15, -0.1) is 0 Å². The number of β-lactam (4-membered cyclic amide) rings is 1. The van der Waals surface area contributed by atoms with Crippen molar-refractivity contribution in [3.05, 3.63) is 30.3 Å². The van der Waals surface area contributed by atoms with E-state index in [-0.39, 0.29) is 24.1 Å². The molecule has 1 aromatic carbocycles. The number of benzene rings is 1. The van der Waals surface area contributed by atoms with Gasteiger partial charge in [-0.05, 0) is 38.4 Å². The normalized spacial score (nSPS) is 32.7. The average Bonchev–Trinajstić information content (AvgIpc) is 2.50. The molecule has 0 saturated carbocycles. The van der Waals surface area contributed by atoms with E-state index in [0.717, 1.165) is 12.8 Å². The Morgan fingerprint density at radius 3 is 2.81 bits per heavy atom. The van der Waals surface area contributed by atoms with Crippen molar-refractivity contribution in [2.45, 2.75) is 43.6 Å². The molecule has 2 saturated heterocycles. The molecule has 2 fully saturated rings. The summed E-state index contributed by atoms with van der Waals surface area (Å²) in [6, 6.07) is 9.50. The number of carbonyl (C=O) groups is 1. The zero-order valence-corrected chi connectivity index (χ0v) is 12.2. The third-order valence-corrected chi connectivity index (χ3v) is 4.45. The minimum Gasteiger partial charge on any atom is -0.478 e. The van der Waals surface area contributed by atoms with Crippen LogP contribution in [0.3, 0.4) is 0 Å². The number of likely N-dealkylation sites (N-methyl/N-ethyl adjacent to an activating group) is 1. The Hall–Kier alpha value is -1.59. The Bertz CT molecular complexity index is 494. The van der Waals surface area contributed by atoms with E-state index in [1.165, 1.54) is 0 Å². The monoisotopic (exact) mass is 290 g/mol. The standard InChI is InChI=1S/C16H22N2O3/c1-17-13-10-11(19)6-5-9-18-14(13)15(16(18)20)21-12-7-3-2-4-8-12/h2-4,7-8,11,13-15,17,19H,5-6,9-10H2,1H3/t11-,13-,14-,15+/m0/s1. The molecule has 0 bridgehead atoms. The SMILES string of the molecule is CN[C@H]1C[C@@H](O)CCCN2C(=O)[C@H](Oc3ccccc3)[C@H]12. The van der Waals surface area contributed by atoms with E-state index in [1.807, 2.05) is 42.3 Å². The van der Waals surface area contributed by atoms with E-state index in [0.29, 0.717) is 18.7 Å². The van der Waals surface area contributed by atoms with E-state index in [9.17, 15) is 9.90 Å². The van der Waals surface area contributed by atoms with Gasteiger partial charge in [0.1, 0.15) is 5.75 Å². The molecule has 5 nitrogen and oxygen atoms in total. The van der Waals surface area contributed by atoms with Gasteiger partial charge in [-0.2, -0.15) is 0 Å². The van der Waals surface area contributed by atoms with Crippen LogP contribution in [0.15, 0.2) is 30.3 Å². The lowest BCUT2D eigenvalue weighted by molar-refractivity contribution is -0.168. The van der Waals surface area contributed by atoms with Gasteiger partial charge in [0.15, 0.2) is 6.10 Å². The number of rotatable bonds is 3. The van der Waals surface area contributed by atoms with Gasteiger partial charge in [0.2, 0.25) is 0 Å². The summed E-state index contributed by atoms with van der Waals surface area (Å²) >= 11 is 0. The molecule has 0 aromatic heterocycles. The molecule has 4 atom stereocenters. The zero-order chi connectivity index (χ0) is 14.8. The Kier molecular flexibility index (Phi) is 4.12. The first kappa shape index (κ1) is 14.4. The number of aliphatic hydroxyl groups excluding tert-OH is 1. The minimum absolute atomic E-state index is 0.00217. The summed E-state index contributed by atoms with van der Waals surface area (Å²) < 4.78 is 5.88. The van der Waals surface area contributed by atoms with Gasteiger partial charge in [0.25, 0.3) is 5.91 Å². The number of amides is 1. The van der Waals surface area contributed by atoms with Crippen LogP contribution >= 0.6 is 0 Å². The van der Waals surface area contributed by atoms with Crippen molar-refractivity contribution in [1.82, 2.24) is 10.2 Å². The first-order valence-electron chi connectivity index (χ1n) is 7.58. The lowest BCUT2D eigenvalue weighted by Crippen LogP contribution is -2.73. The first-order valence-corrected chi connectivity index (χ1v) is 7.58. The van der Waals surface area contributed by atoms with Gasteiger partial charge in [0.05, 0.1) is 12.1 Å². The maximum Gasteiger partial charge on any atom is 0.266 e. The van der Waals surface area contributed by atoms with Crippen molar-refractivity contribution in [3.8, 4) is 5.75 Å². The topological polar surface area (TPSA) is 61.8 Å². The Morgan fingerprint density at radius 2 is 2.10 bits per heavy atom. The Labute approximate surface area is 124 Å². The number of nitrogens with one attached hydrogen (secondary N) is 1. The molecule has 0 spiro atoms. The van der Waals surface area contributed by atoms with Gasteiger partial charge in [-0.1, -0.05) is 18.2 Å². The summed E-state index contributed by atoms with van der Waals surface area (Å²) in [6.45, 7) is 0.702. The van der Waals surface area contributed by atoms with Crippen molar-refractivity contribution < 1.29 is 14.6 Å². The number of para-hydroxylation sites is 1. The summed E-state index contributed by atoms with van der Waals surface area (Å²) in [7, 11) is 1.87. The first-order chi connectivity index (χ1) is 10.2. The van der Waals surface area contributed by atoms with Crippen molar-refractivity contribution in [3.63, 3.8) is 0 Å². The summed E-state index contributed by atoms with van der Waals surface area (Å²) in [5, 5.41) is 13.2. The van der Waals surface area contributed by atoms with Gasteiger partial charge < -0.3 is 20.1 Å². The van der Waals surface area contributed by atoms with Gasteiger partial charge in [0, 0.05) is 12.6 Å². The smallest absolute Gasteiger partial charge is 0.266 e. The number of ether oxygens (including phenoxy) is 1. The molecule has 21 heavy (non-hydrogen) atoms. The molecular weight excluding hydrogens is 268 g/mol. The molecule has 0 aliphatic carbocycles. The zero-order valence-electron chi connectivity index (χ0n) is 12.2. The molecule has 2 heterocycles. The molecule has 5 heteroatoms. The van der Waals surface area contributed by atoms with Crippen LogP contribution in [-0.4, -0.2) is 53.8 Å². The minimum atomic E-state index is -0.449.